The number of nitrogens with zero attached hydrogens (tertiary/aromatic N) is 5. The van der Waals surface area contributed by atoms with Crippen LogP contribution in [0.3, 0.4) is 0 Å². The Kier molecular flexibility index (Phi) is 4.02. The van der Waals surface area contributed by atoms with E-state index in [-0.39, 0.29) is 6.10 Å². The van der Waals surface area contributed by atoms with Crippen molar-refractivity contribution in [1.29, 1.82) is 0 Å². The van der Waals surface area contributed by atoms with Gasteiger partial charge in [-0.15, -0.1) is 0 Å². The molecule has 1 aliphatic rings. The molecular formula is C21H20N6O. The minimum atomic E-state index is -0.288. The van der Waals surface area contributed by atoms with E-state index < -0.39 is 0 Å². The number of aliphatic hydroxyl groups is 1. The van der Waals surface area contributed by atoms with Gasteiger partial charge in [0, 0.05) is 36.4 Å². The second kappa shape index (κ2) is 6.69. The van der Waals surface area contributed by atoms with E-state index in [4.69, 9.17) is 4.98 Å². The number of aromatic nitrogens is 5. The zero-order valence-corrected chi connectivity index (χ0v) is 15.5. The molecule has 2 N–H and O–H groups in total. The lowest BCUT2D eigenvalue weighted by molar-refractivity contribution is 0.198. The van der Waals surface area contributed by atoms with Crippen molar-refractivity contribution in [3.63, 3.8) is 0 Å². The number of hydrogen-bond donors (Lipinski definition) is 2. The minimum absolute atomic E-state index is 0.288. The number of anilines is 1. The van der Waals surface area contributed by atoms with Gasteiger partial charge in [0.25, 0.3) is 0 Å². The van der Waals surface area contributed by atoms with Gasteiger partial charge in [0.1, 0.15) is 11.5 Å². The fourth-order valence-corrected chi connectivity index (χ4v) is 3.69. The van der Waals surface area contributed by atoms with Gasteiger partial charge in [0.2, 0.25) is 0 Å². The van der Waals surface area contributed by atoms with E-state index >= 15 is 0 Å². The van der Waals surface area contributed by atoms with Gasteiger partial charge < -0.3 is 10.0 Å². The fraction of sp³-hybridized carbons (Fsp3) is 0.238. The first-order valence-corrected chi connectivity index (χ1v) is 9.34. The number of pyridine rings is 3. The molecule has 0 radical (unpaired) electrons. The van der Waals surface area contributed by atoms with Crippen molar-refractivity contribution in [2.45, 2.75) is 19.4 Å². The number of hydrogen-bond acceptors (Lipinski definition) is 6. The Morgan fingerprint density at radius 2 is 2.11 bits per heavy atom. The first-order chi connectivity index (χ1) is 13.7. The number of β-amino-alcohol motifs (C(OH)–C–C–N with tert-alkyl or cyclic N) is 1. The molecule has 0 amide bonds. The van der Waals surface area contributed by atoms with E-state index in [9.17, 15) is 5.11 Å². The molecule has 5 heterocycles. The predicted molar refractivity (Wildman–Crippen MR) is 108 cm³/mol. The van der Waals surface area contributed by atoms with E-state index in [2.05, 4.69) is 31.1 Å². The van der Waals surface area contributed by atoms with Crippen LogP contribution in [-0.2, 0) is 0 Å². The Labute approximate surface area is 162 Å². The topological polar surface area (TPSA) is 90.8 Å². The van der Waals surface area contributed by atoms with E-state index in [0.29, 0.717) is 6.54 Å². The van der Waals surface area contributed by atoms with Crippen LogP contribution < -0.4 is 4.90 Å². The van der Waals surface area contributed by atoms with Crippen molar-refractivity contribution in [3.8, 4) is 22.6 Å². The molecular weight excluding hydrogens is 352 g/mol. The molecule has 0 aromatic carbocycles. The Bertz CT molecular complexity index is 1140. The Morgan fingerprint density at radius 3 is 2.89 bits per heavy atom. The summed E-state index contributed by atoms with van der Waals surface area (Å²) in [4.78, 5) is 15.7. The van der Waals surface area contributed by atoms with Crippen LogP contribution in [0.4, 0.5) is 5.82 Å². The maximum absolute atomic E-state index is 9.89. The Balaban J connectivity index is 1.59. The summed E-state index contributed by atoms with van der Waals surface area (Å²) in [6.07, 6.45) is 5.83. The highest BCUT2D eigenvalue weighted by molar-refractivity contribution is 5.93. The summed E-state index contributed by atoms with van der Waals surface area (Å²) in [6, 6.07) is 9.96. The molecule has 1 atom stereocenters. The molecule has 0 unspecified atom stereocenters. The standard InChI is InChI=1S/C21H20N6O/c1-13-4-5-17(24-21(13)27-8-6-15(28)12-27)20-16-9-18(14-3-2-7-22-10-14)23-11-19(16)25-26-20/h2-5,7,9-11,15,28H,6,8,12H2,1H3,(H,25,26)/t15-/m1/s1. The zero-order valence-electron chi connectivity index (χ0n) is 15.5. The summed E-state index contributed by atoms with van der Waals surface area (Å²) in [7, 11) is 0. The lowest BCUT2D eigenvalue weighted by atomic mass is 10.1. The van der Waals surface area contributed by atoms with Gasteiger partial charge >= 0.3 is 0 Å². The maximum atomic E-state index is 9.89. The third-order valence-corrected chi connectivity index (χ3v) is 5.18. The van der Waals surface area contributed by atoms with Gasteiger partial charge in [0.05, 0.1) is 29.2 Å². The summed E-state index contributed by atoms with van der Waals surface area (Å²) in [6.45, 7) is 3.48. The van der Waals surface area contributed by atoms with E-state index in [1.54, 1.807) is 18.6 Å². The van der Waals surface area contributed by atoms with Crippen molar-refractivity contribution in [1.82, 2.24) is 25.1 Å². The van der Waals surface area contributed by atoms with Crippen molar-refractivity contribution in [2.75, 3.05) is 18.0 Å². The summed E-state index contributed by atoms with van der Waals surface area (Å²) < 4.78 is 0. The lowest BCUT2D eigenvalue weighted by Gasteiger charge is -2.19. The normalized spacial score (nSPS) is 16.8. The molecule has 7 heteroatoms. The average Bonchev–Trinajstić information content (AvgIpc) is 3.35. The lowest BCUT2D eigenvalue weighted by Crippen LogP contribution is -2.23. The molecule has 0 saturated carbocycles. The van der Waals surface area contributed by atoms with Crippen LogP contribution in [0, 0.1) is 6.92 Å². The third kappa shape index (κ3) is 2.90. The molecule has 4 aromatic heterocycles. The van der Waals surface area contributed by atoms with Crippen LogP contribution in [0.2, 0.25) is 0 Å². The smallest absolute Gasteiger partial charge is 0.132 e. The summed E-state index contributed by atoms with van der Waals surface area (Å²) in [5.74, 6) is 0.909. The molecule has 0 bridgehead atoms. The highest BCUT2D eigenvalue weighted by Gasteiger charge is 2.23. The van der Waals surface area contributed by atoms with Crippen LogP contribution in [0.25, 0.3) is 33.5 Å². The third-order valence-electron chi connectivity index (χ3n) is 5.18. The summed E-state index contributed by atoms with van der Waals surface area (Å²) in [5.41, 5.74) is 5.36. The van der Waals surface area contributed by atoms with Gasteiger partial charge in [-0.2, -0.15) is 5.10 Å². The molecule has 0 spiro atoms. The van der Waals surface area contributed by atoms with Crippen molar-refractivity contribution in [2.24, 2.45) is 0 Å². The van der Waals surface area contributed by atoms with E-state index in [1.807, 2.05) is 31.2 Å². The fourth-order valence-electron chi connectivity index (χ4n) is 3.69. The quantitative estimate of drug-likeness (QED) is 0.575. The molecule has 1 saturated heterocycles. The van der Waals surface area contributed by atoms with Gasteiger partial charge in [-0.05, 0) is 43.2 Å². The van der Waals surface area contributed by atoms with Crippen LogP contribution in [0.1, 0.15) is 12.0 Å². The average molecular weight is 372 g/mol. The number of aryl methyl sites for hydroxylation is 1. The van der Waals surface area contributed by atoms with Crippen LogP contribution in [0.15, 0.2) is 48.9 Å². The molecule has 1 fully saturated rings. The zero-order chi connectivity index (χ0) is 19.1. The second-order valence-electron chi connectivity index (χ2n) is 7.15. The number of aliphatic hydroxyl groups excluding tert-OH is 1. The van der Waals surface area contributed by atoms with Crippen molar-refractivity contribution < 1.29 is 5.11 Å². The summed E-state index contributed by atoms with van der Waals surface area (Å²) in [5, 5.41) is 18.4. The van der Waals surface area contributed by atoms with Gasteiger partial charge in [-0.1, -0.05) is 6.07 Å². The monoisotopic (exact) mass is 372 g/mol. The number of aromatic amines is 1. The van der Waals surface area contributed by atoms with Gasteiger partial charge in [0.15, 0.2) is 0 Å². The number of nitrogens with one attached hydrogen (secondary N) is 1. The number of fused-ring (bicyclic) bond motifs is 1. The van der Waals surface area contributed by atoms with Crippen molar-refractivity contribution in [3.05, 3.63) is 54.5 Å². The van der Waals surface area contributed by atoms with E-state index in [0.717, 1.165) is 57.9 Å². The van der Waals surface area contributed by atoms with Gasteiger partial charge in [-0.25, -0.2) is 4.98 Å². The first-order valence-electron chi connectivity index (χ1n) is 9.34. The van der Waals surface area contributed by atoms with Crippen molar-refractivity contribution >= 4 is 16.7 Å². The van der Waals surface area contributed by atoms with E-state index in [1.165, 1.54) is 0 Å². The largest absolute Gasteiger partial charge is 0.391 e. The Morgan fingerprint density at radius 1 is 1.18 bits per heavy atom. The minimum Gasteiger partial charge on any atom is -0.391 e. The highest BCUT2D eigenvalue weighted by Crippen LogP contribution is 2.31. The molecule has 1 aliphatic heterocycles. The number of rotatable bonds is 3. The molecule has 5 rings (SSSR count). The van der Waals surface area contributed by atoms with Crippen LogP contribution in [-0.4, -0.2) is 49.4 Å². The predicted octanol–water partition coefficient (Wildman–Crippen LogP) is 2.96. The maximum Gasteiger partial charge on any atom is 0.132 e. The molecule has 28 heavy (non-hydrogen) atoms. The van der Waals surface area contributed by atoms with Gasteiger partial charge in [-0.3, -0.25) is 15.1 Å². The molecule has 7 nitrogen and oxygen atoms in total. The molecule has 4 aromatic rings. The molecule has 0 aliphatic carbocycles. The SMILES string of the molecule is Cc1ccc(-c2n[nH]c3cnc(-c4cccnc4)cc23)nc1N1CC[C@@H](O)C1. The second-order valence-corrected chi connectivity index (χ2v) is 7.15. The highest BCUT2D eigenvalue weighted by atomic mass is 16.3. The first kappa shape index (κ1) is 16.8. The molecule has 140 valence electrons. The number of H-pyrrole nitrogens is 1. The summed E-state index contributed by atoms with van der Waals surface area (Å²) >= 11 is 0. The van der Waals surface area contributed by atoms with Crippen LogP contribution in [0.5, 0.6) is 0 Å². The van der Waals surface area contributed by atoms with Crippen LogP contribution >= 0.6 is 0 Å². The Hall–Kier alpha value is -3.32.